The SMILES string of the molecule is C/C(=C\c1csc(CO)n1)[C@@H]1C/C=C(/CC2SCCS2)CCC[C@H](C)[C@H](O)[C@@H](C)C(=O)C(C)(C)[C@@H](O)CC(=O)O1. The van der Waals surface area contributed by atoms with E-state index in [1.165, 1.54) is 16.9 Å². The van der Waals surface area contributed by atoms with Crippen LogP contribution in [0.5, 0.6) is 0 Å². The Labute approximate surface area is 251 Å². The lowest BCUT2D eigenvalue weighted by Gasteiger charge is -2.34. The second-order valence-corrected chi connectivity index (χ2v) is 15.5. The number of esters is 1. The van der Waals surface area contributed by atoms with Crippen LogP contribution >= 0.6 is 34.9 Å². The number of aromatic nitrogens is 1. The number of ketones is 1. The zero-order valence-electron chi connectivity index (χ0n) is 24.3. The van der Waals surface area contributed by atoms with Crippen LogP contribution in [0.4, 0.5) is 0 Å². The van der Waals surface area contributed by atoms with Gasteiger partial charge in [0.15, 0.2) is 0 Å². The van der Waals surface area contributed by atoms with Gasteiger partial charge in [-0.25, -0.2) is 4.98 Å². The Morgan fingerprint density at radius 2 is 1.90 bits per heavy atom. The quantitative estimate of drug-likeness (QED) is 0.288. The monoisotopic (exact) mass is 611 g/mol. The second-order valence-electron chi connectivity index (χ2n) is 11.6. The van der Waals surface area contributed by atoms with E-state index in [0.717, 1.165) is 42.8 Å². The van der Waals surface area contributed by atoms with Crippen molar-refractivity contribution >= 4 is 52.7 Å². The number of carbonyl (C=O) groups is 2. The zero-order valence-corrected chi connectivity index (χ0v) is 26.7. The fourth-order valence-electron chi connectivity index (χ4n) is 5.26. The highest BCUT2D eigenvalue weighted by Crippen LogP contribution is 2.38. The van der Waals surface area contributed by atoms with Gasteiger partial charge in [-0.05, 0) is 50.2 Å². The Kier molecular flexibility index (Phi) is 12.8. The van der Waals surface area contributed by atoms with Crippen molar-refractivity contribution in [1.29, 1.82) is 0 Å². The normalized spacial score (nSPS) is 31.6. The molecule has 1 aromatic heterocycles. The average Bonchev–Trinajstić information content (AvgIpc) is 3.60. The first-order valence-corrected chi connectivity index (χ1v) is 17.1. The zero-order chi connectivity index (χ0) is 29.4. The number of Topliss-reactive ketones (excluding diaryl/α,β-unsaturated/α-hetero) is 1. The van der Waals surface area contributed by atoms with Gasteiger partial charge in [-0.15, -0.1) is 34.9 Å². The van der Waals surface area contributed by atoms with Gasteiger partial charge in [0, 0.05) is 29.2 Å². The van der Waals surface area contributed by atoms with E-state index >= 15 is 0 Å². The molecule has 0 saturated carbocycles. The molecule has 1 aromatic rings. The minimum atomic E-state index is -1.25. The Bertz CT molecular complexity index is 1060. The molecule has 0 aliphatic carbocycles. The molecule has 0 spiro atoms. The number of allylic oxidation sites excluding steroid dienone is 1. The predicted molar refractivity (Wildman–Crippen MR) is 165 cm³/mol. The molecular weight excluding hydrogens is 567 g/mol. The summed E-state index contributed by atoms with van der Waals surface area (Å²) in [6.45, 7) is 8.72. The van der Waals surface area contributed by atoms with Crippen LogP contribution in [-0.4, -0.2) is 66.5 Å². The van der Waals surface area contributed by atoms with Crippen LogP contribution in [0.25, 0.3) is 6.08 Å². The van der Waals surface area contributed by atoms with Crippen LogP contribution in [0.3, 0.4) is 0 Å². The lowest BCUT2D eigenvalue weighted by molar-refractivity contribution is -0.154. The average molecular weight is 612 g/mol. The molecule has 0 aromatic carbocycles. The van der Waals surface area contributed by atoms with Crippen LogP contribution in [-0.2, 0) is 20.9 Å². The topological polar surface area (TPSA) is 117 Å². The number of aliphatic hydroxyl groups excluding tert-OH is 3. The van der Waals surface area contributed by atoms with Gasteiger partial charge in [-0.1, -0.05) is 39.3 Å². The molecule has 3 rings (SSSR count). The highest BCUT2D eigenvalue weighted by atomic mass is 32.2. The molecule has 7 nitrogen and oxygen atoms in total. The molecule has 0 unspecified atom stereocenters. The van der Waals surface area contributed by atoms with E-state index in [1.54, 1.807) is 20.8 Å². The first-order chi connectivity index (χ1) is 18.9. The molecule has 0 amide bonds. The van der Waals surface area contributed by atoms with Crippen molar-refractivity contribution in [3.63, 3.8) is 0 Å². The van der Waals surface area contributed by atoms with Gasteiger partial charge < -0.3 is 20.1 Å². The number of thioether (sulfide) groups is 2. The van der Waals surface area contributed by atoms with Crippen LogP contribution in [0.2, 0.25) is 0 Å². The first kappa shape index (κ1) is 33.3. The third-order valence-corrected chi connectivity index (χ3v) is 12.0. The molecule has 0 bridgehead atoms. The summed E-state index contributed by atoms with van der Waals surface area (Å²) < 4.78 is 6.46. The minimum absolute atomic E-state index is 0.0684. The van der Waals surface area contributed by atoms with E-state index in [9.17, 15) is 24.9 Å². The first-order valence-electron chi connectivity index (χ1n) is 14.2. The summed E-state index contributed by atoms with van der Waals surface area (Å²) in [5.41, 5.74) is 1.61. The third kappa shape index (κ3) is 9.16. The highest BCUT2D eigenvalue weighted by molar-refractivity contribution is 8.20. The summed E-state index contributed by atoms with van der Waals surface area (Å²) in [4.78, 5) is 30.9. The fourth-order valence-corrected chi connectivity index (χ4v) is 8.79. The summed E-state index contributed by atoms with van der Waals surface area (Å²) in [6, 6.07) is 0. The molecule has 10 heteroatoms. The van der Waals surface area contributed by atoms with Gasteiger partial charge in [0.1, 0.15) is 16.9 Å². The maximum Gasteiger partial charge on any atom is 0.309 e. The van der Waals surface area contributed by atoms with Crippen molar-refractivity contribution in [2.24, 2.45) is 17.3 Å². The van der Waals surface area contributed by atoms with Crippen molar-refractivity contribution in [3.05, 3.63) is 33.3 Å². The largest absolute Gasteiger partial charge is 0.457 e. The fraction of sp³-hybridized carbons (Fsp3) is 0.700. The van der Waals surface area contributed by atoms with E-state index in [1.807, 2.05) is 48.8 Å². The van der Waals surface area contributed by atoms with Gasteiger partial charge in [-0.2, -0.15) is 0 Å². The van der Waals surface area contributed by atoms with Gasteiger partial charge in [0.2, 0.25) is 0 Å². The Balaban J connectivity index is 1.92. The van der Waals surface area contributed by atoms with Crippen molar-refractivity contribution < 1.29 is 29.6 Å². The number of ether oxygens (including phenoxy) is 1. The molecular formula is C30H45NO6S3. The molecule has 40 heavy (non-hydrogen) atoms. The predicted octanol–water partition coefficient (Wildman–Crippen LogP) is 5.63. The number of hydrogen-bond donors (Lipinski definition) is 3. The molecule has 2 aliphatic rings. The van der Waals surface area contributed by atoms with Gasteiger partial charge in [0.25, 0.3) is 0 Å². The summed E-state index contributed by atoms with van der Waals surface area (Å²) in [5.74, 6) is 0.743. The van der Waals surface area contributed by atoms with E-state index in [2.05, 4.69) is 11.1 Å². The van der Waals surface area contributed by atoms with Crippen LogP contribution in [0.1, 0.15) is 83.8 Å². The number of rotatable bonds is 5. The third-order valence-electron chi connectivity index (χ3n) is 8.10. The van der Waals surface area contributed by atoms with Crippen molar-refractivity contribution in [2.45, 2.75) is 103 Å². The summed E-state index contributed by atoms with van der Waals surface area (Å²) in [7, 11) is 0. The van der Waals surface area contributed by atoms with E-state index < -0.39 is 35.6 Å². The van der Waals surface area contributed by atoms with Gasteiger partial charge >= 0.3 is 5.97 Å². The molecule has 3 N–H and O–H groups in total. The highest BCUT2D eigenvalue weighted by Gasteiger charge is 2.42. The minimum Gasteiger partial charge on any atom is -0.457 e. The van der Waals surface area contributed by atoms with Crippen LogP contribution in [0.15, 0.2) is 22.6 Å². The van der Waals surface area contributed by atoms with Crippen LogP contribution < -0.4 is 0 Å². The number of cyclic esters (lactones) is 1. The lowest BCUT2D eigenvalue weighted by atomic mass is 9.73. The lowest BCUT2D eigenvalue weighted by Crippen LogP contribution is -2.45. The number of aliphatic hydroxyl groups is 3. The molecule has 0 radical (unpaired) electrons. The molecule has 3 heterocycles. The molecule has 5 atom stereocenters. The van der Waals surface area contributed by atoms with Crippen molar-refractivity contribution in [3.8, 4) is 0 Å². The molecule has 1 saturated heterocycles. The van der Waals surface area contributed by atoms with Crippen LogP contribution in [0, 0.1) is 17.3 Å². The summed E-state index contributed by atoms with van der Waals surface area (Å²) in [6.07, 6.45) is 5.16. The Morgan fingerprint density at radius 3 is 2.55 bits per heavy atom. The number of hydrogen-bond acceptors (Lipinski definition) is 10. The van der Waals surface area contributed by atoms with E-state index in [-0.39, 0.29) is 24.7 Å². The maximum atomic E-state index is 13.4. The summed E-state index contributed by atoms with van der Waals surface area (Å²) in [5, 5.41) is 33.8. The molecule has 2 aliphatic heterocycles. The van der Waals surface area contributed by atoms with Crippen molar-refractivity contribution in [1.82, 2.24) is 4.98 Å². The van der Waals surface area contributed by atoms with Gasteiger partial charge in [0.05, 0.1) is 40.9 Å². The standard InChI is InChI=1S/C30H45NO6S3/c1-18-7-6-8-21(14-27-38-11-12-39-27)9-10-23(19(2)13-22-17-40-25(16-32)31-22)37-26(34)15-24(33)30(4,5)29(36)20(3)28(18)35/h9,13,17-18,20,23-24,27-28,32-33,35H,6-8,10-12,14-16H2,1-5H3/b19-13+,21-9+/t18-,20+,23-,24-,28-/m0/s1. The number of nitrogens with zero attached hydrogens (tertiary/aromatic N) is 1. The molecule has 224 valence electrons. The summed E-state index contributed by atoms with van der Waals surface area (Å²) >= 11 is 5.34. The Morgan fingerprint density at radius 1 is 1.20 bits per heavy atom. The number of thiazole rings is 1. The molecule has 1 fully saturated rings. The Hall–Kier alpha value is -1.17. The number of carbonyl (C=O) groups excluding carboxylic acids is 2. The van der Waals surface area contributed by atoms with Gasteiger partial charge in [-0.3, -0.25) is 9.59 Å². The van der Waals surface area contributed by atoms with E-state index in [0.29, 0.717) is 21.7 Å². The second kappa shape index (κ2) is 15.3. The van der Waals surface area contributed by atoms with Crippen molar-refractivity contribution in [2.75, 3.05) is 11.5 Å². The maximum absolute atomic E-state index is 13.4. The smallest absolute Gasteiger partial charge is 0.309 e. The van der Waals surface area contributed by atoms with E-state index in [4.69, 9.17) is 4.74 Å².